The number of alkyl halides is 3. The molecule has 16 heavy (non-hydrogen) atoms. The molecule has 5 N–H and O–H groups in total. The number of nitrogens with two attached hydrogens (primary N) is 2. The Balaban J connectivity index is 2.98. The van der Waals surface area contributed by atoms with Crippen LogP contribution in [0.2, 0.25) is 0 Å². The third-order valence-electron chi connectivity index (χ3n) is 1.83. The van der Waals surface area contributed by atoms with Crippen molar-refractivity contribution in [1.29, 1.82) is 0 Å². The van der Waals surface area contributed by atoms with Crippen molar-refractivity contribution in [2.75, 3.05) is 17.6 Å². The number of nitrogen functional groups attached to an aromatic ring is 1. The molecule has 0 spiro atoms. The average molecular weight is 233 g/mol. The number of carbonyl (C=O) groups is 1. The highest BCUT2D eigenvalue weighted by atomic mass is 19.4. The zero-order valence-corrected chi connectivity index (χ0v) is 8.14. The van der Waals surface area contributed by atoms with Crippen molar-refractivity contribution in [1.82, 2.24) is 0 Å². The van der Waals surface area contributed by atoms with E-state index in [-0.39, 0.29) is 16.9 Å². The Bertz CT molecular complexity index is 403. The molecule has 0 heterocycles. The molecule has 0 aliphatic carbocycles. The fourth-order valence-electron chi connectivity index (χ4n) is 1.16. The first-order valence-electron chi connectivity index (χ1n) is 4.30. The van der Waals surface area contributed by atoms with E-state index in [9.17, 15) is 18.0 Å². The van der Waals surface area contributed by atoms with E-state index in [0.29, 0.717) is 0 Å². The third-order valence-corrected chi connectivity index (χ3v) is 1.83. The minimum Gasteiger partial charge on any atom is -0.397 e. The Morgan fingerprint density at radius 2 is 2.00 bits per heavy atom. The molecule has 4 nitrogen and oxygen atoms in total. The normalized spacial score (nSPS) is 11.2. The van der Waals surface area contributed by atoms with Gasteiger partial charge in [-0.05, 0) is 12.1 Å². The van der Waals surface area contributed by atoms with Crippen LogP contribution in [-0.2, 0) is 0 Å². The molecule has 0 unspecified atom stereocenters. The highest BCUT2D eigenvalue weighted by Gasteiger charge is 2.27. The van der Waals surface area contributed by atoms with Crippen LogP contribution in [0.1, 0.15) is 10.4 Å². The van der Waals surface area contributed by atoms with E-state index in [1.54, 1.807) is 0 Å². The molecule has 1 rings (SSSR count). The monoisotopic (exact) mass is 233 g/mol. The van der Waals surface area contributed by atoms with E-state index in [0.717, 1.165) is 0 Å². The van der Waals surface area contributed by atoms with Crippen molar-refractivity contribution in [3.63, 3.8) is 0 Å². The van der Waals surface area contributed by atoms with E-state index >= 15 is 0 Å². The second kappa shape index (κ2) is 4.30. The first kappa shape index (κ1) is 12.2. The lowest BCUT2D eigenvalue weighted by molar-refractivity contribution is -0.115. The number of hydrogen-bond acceptors (Lipinski definition) is 3. The molecule has 0 radical (unpaired) electrons. The summed E-state index contributed by atoms with van der Waals surface area (Å²) >= 11 is 0. The van der Waals surface area contributed by atoms with E-state index < -0.39 is 18.6 Å². The van der Waals surface area contributed by atoms with Gasteiger partial charge in [0.25, 0.3) is 5.91 Å². The highest BCUT2D eigenvalue weighted by Crippen LogP contribution is 2.25. The lowest BCUT2D eigenvalue weighted by Crippen LogP contribution is -2.24. The number of amides is 1. The highest BCUT2D eigenvalue weighted by molar-refractivity contribution is 6.01. The molecular weight excluding hydrogens is 223 g/mol. The van der Waals surface area contributed by atoms with Crippen molar-refractivity contribution < 1.29 is 18.0 Å². The molecule has 0 aliphatic heterocycles. The summed E-state index contributed by atoms with van der Waals surface area (Å²) in [6, 6.07) is 4.12. The van der Waals surface area contributed by atoms with Crippen molar-refractivity contribution in [3.8, 4) is 0 Å². The molecule has 1 amide bonds. The maximum Gasteiger partial charge on any atom is 0.405 e. The molecule has 7 heteroatoms. The van der Waals surface area contributed by atoms with Crippen LogP contribution in [0.5, 0.6) is 0 Å². The third kappa shape index (κ3) is 3.04. The van der Waals surface area contributed by atoms with Gasteiger partial charge in [0.15, 0.2) is 0 Å². The Kier molecular flexibility index (Phi) is 3.26. The smallest absolute Gasteiger partial charge is 0.397 e. The maximum absolute atomic E-state index is 12.0. The Morgan fingerprint density at radius 1 is 1.38 bits per heavy atom. The zero-order valence-electron chi connectivity index (χ0n) is 8.14. The van der Waals surface area contributed by atoms with Crippen LogP contribution in [0.4, 0.5) is 24.5 Å². The van der Waals surface area contributed by atoms with Crippen molar-refractivity contribution in [2.45, 2.75) is 6.18 Å². The average Bonchev–Trinajstić information content (AvgIpc) is 2.13. The molecular formula is C9H10F3N3O. The van der Waals surface area contributed by atoms with E-state index in [1.165, 1.54) is 18.2 Å². The van der Waals surface area contributed by atoms with Crippen LogP contribution in [0.15, 0.2) is 18.2 Å². The summed E-state index contributed by atoms with van der Waals surface area (Å²) in [6.45, 7) is -1.28. The van der Waals surface area contributed by atoms with Crippen LogP contribution in [0.25, 0.3) is 0 Å². The van der Waals surface area contributed by atoms with Gasteiger partial charge in [-0.15, -0.1) is 0 Å². The fourth-order valence-corrected chi connectivity index (χ4v) is 1.16. The van der Waals surface area contributed by atoms with Crippen LogP contribution >= 0.6 is 0 Å². The topological polar surface area (TPSA) is 81.1 Å². The SMILES string of the molecule is NC(=O)c1cccc(N)c1NCC(F)(F)F. The van der Waals surface area contributed by atoms with Gasteiger partial charge in [-0.3, -0.25) is 4.79 Å². The predicted molar refractivity (Wildman–Crippen MR) is 53.9 cm³/mol. The van der Waals surface area contributed by atoms with Gasteiger partial charge in [0, 0.05) is 0 Å². The molecule has 0 atom stereocenters. The minimum absolute atomic E-state index is 0.0422. The quantitative estimate of drug-likeness (QED) is 0.689. The first-order valence-corrected chi connectivity index (χ1v) is 4.30. The second-order valence-corrected chi connectivity index (χ2v) is 3.10. The number of hydrogen-bond donors (Lipinski definition) is 3. The summed E-state index contributed by atoms with van der Waals surface area (Å²) in [7, 11) is 0. The largest absolute Gasteiger partial charge is 0.405 e. The number of rotatable bonds is 3. The maximum atomic E-state index is 12.0. The lowest BCUT2D eigenvalue weighted by Gasteiger charge is -2.14. The number of primary amides is 1. The van der Waals surface area contributed by atoms with Crippen molar-refractivity contribution in [3.05, 3.63) is 23.8 Å². The second-order valence-electron chi connectivity index (χ2n) is 3.10. The molecule has 88 valence electrons. The van der Waals surface area contributed by atoms with Gasteiger partial charge in [-0.25, -0.2) is 0 Å². The number of halogens is 3. The molecule has 1 aromatic rings. The zero-order chi connectivity index (χ0) is 12.3. The summed E-state index contributed by atoms with van der Waals surface area (Å²) in [5, 5.41) is 2.05. The van der Waals surface area contributed by atoms with Gasteiger partial charge < -0.3 is 16.8 Å². The van der Waals surface area contributed by atoms with Gasteiger partial charge in [0.05, 0.1) is 16.9 Å². The standard InChI is InChI=1S/C9H10F3N3O/c10-9(11,12)4-15-7-5(8(14)16)2-1-3-6(7)13/h1-3,15H,4,13H2,(H2,14,16). The molecule has 0 aliphatic rings. The van der Waals surface area contributed by atoms with E-state index in [4.69, 9.17) is 11.5 Å². The molecule has 0 saturated heterocycles. The van der Waals surface area contributed by atoms with Gasteiger partial charge >= 0.3 is 6.18 Å². The van der Waals surface area contributed by atoms with Gasteiger partial charge in [0.1, 0.15) is 6.54 Å². The number of benzene rings is 1. The molecule has 1 aromatic carbocycles. The summed E-state index contributed by atoms with van der Waals surface area (Å²) in [5.41, 5.74) is 10.3. The molecule has 0 fully saturated rings. The fraction of sp³-hybridized carbons (Fsp3) is 0.222. The number of carbonyl (C=O) groups excluding carboxylic acids is 1. The van der Waals surface area contributed by atoms with Crippen LogP contribution in [0.3, 0.4) is 0 Å². The van der Waals surface area contributed by atoms with Crippen molar-refractivity contribution in [2.24, 2.45) is 5.73 Å². The Morgan fingerprint density at radius 3 is 2.50 bits per heavy atom. The molecule has 0 saturated carbocycles. The van der Waals surface area contributed by atoms with Gasteiger partial charge in [0.2, 0.25) is 0 Å². The Hall–Kier alpha value is -1.92. The van der Waals surface area contributed by atoms with Crippen molar-refractivity contribution >= 4 is 17.3 Å². The Labute approximate surface area is 89.4 Å². The summed E-state index contributed by atoms with van der Waals surface area (Å²) < 4.78 is 36.0. The van der Waals surface area contributed by atoms with Crippen LogP contribution in [-0.4, -0.2) is 18.6 Å². The van der Waals surface area contributed by atoms with Gasteiger partial charge in [-0.1, -0.05) is 6.07 Å². The van der Waals surface area contributed by atoms with Crippen LogP contribution < -0.4 is 16.8 Å². The van der Waals surface area contributed by atoms with E-state index in [2.05, 4.69) is 5.32 Å². The lowest BCUT2D eigenvalue weighted by atomic mass is 10.1. The molecule has 0 aromatic heterocycles. The summed E-state index contributed by atoms with van der Waals surface area (Å²) in [5.74, 6) is -0.836. The predicted octanol–water partition coefficient (Wildman–Crippen LogP) is 1.34. The summed E-state index contributed by atoms with van der Waals surface area (Å²) in [6.07, 6.45) is -4.39. The number of anilines is 2. The van der Waals surface area contributed by atoms with Crippen LogP contribution in [0, 0.1) is 0 Å². The number of nitrogens with one attached hydrogen (secondary N) is 1. The minimum atomic E-state index is -4.39. The van der Waals surface area contributed by atoms with Gasteiger partial charge in [-0.2, -0.15) is 13.2 Å². The number of para-hydroxylation sites is 1. The summed E-state index contributed by atoms with van der Waals surface area (Å²) in [4.78, 5) is 10.9. The first-order chi connectivity index (χ1) is 7.31. The van der Waals surface area contributed by atoms with E-state index in [1.807, 2.05) is 0 Å². The molecule has 0 bridgehead atoms.